The molecule has 1 atom stereocenters. The summed E-state index contributed by atoms with van der Waals surface area (Å²) in [7, 11) is -3.08. The first-order valence-corrected chi connectivity index (χ1v) is 7.80. The molecule has 0 saturated carbocycles. The zero-order valence-corrected chi connectivity index (χ0v) is 12.4. The van der Waals surface area contributed by atoms with Crippen LogP contribution in [0.3, 0.4) is 0 Å². The van der Waals surface area contributed by atoms with Crippen LogP contribution in [-0.2, 0) is 10.0 Å². The number of halogens is 1. The number of rotatable bonds is 6. The van der Waals surface area contributed by atoms with Gasteiger partial charge in [0, 0.05) is 11.4 Å². The molecule has 0 bridgehead atoms. The van der Waals surface area contributed by atoms with E-state index in [2.05, 4.69) is 20.7 Å². The standard InChI is InChI=1S/C10H22BrNO2S/c1-9(11)5-7-12-15(13,14)8-6-10(2,3)4/h9,12H,5-8H2,1-4H3. The van der Waals surface area contributed by atoms with Crippen molar-refractivity contribution < 1.29 is 8.42 Å². The summed E-state index contributed by atoms with van der Waals surface area (Å²) in [6.45, 7) is 8.65. The summed E-state index contributed by atoms with van der Waals surface area (Å²) in [6.07, 6.45) is 1.50. The fraction of sp³-hybridized carbons (Fsp3) is 1.00. The largest absolute Gasteiger partial charge is 0.215 e. The molecule has 0 aromatic rings. The second-order valence-corrected chi connectivity index (χ2v) is 8.58. The van der Waals surface area contributed by atoms with Crippen LogP contribution in [0.5, 0.6) is 0 Å². The van der Waals surface area contributed by atoms with Crippen molar-refractivity contribution in [3.05, 3.63) is 0 Å². The number of hydrogen-bond donors (Lipinski definition) is 1. The van der Waals surface area contributed by atoms with Crippen molar-refractivity contribution in [3.8, 4) is 0 Å². The van der Waals surface area contributed by atoms with E-state index < -0.39 is 10.0 Å². The topological polar surface area (TPSA) is 46.2 Å². The maximum atomic E-state index is 11.5. The molecule has 3 nitrogen and oxygen atoms in total. The highest BCUT2D eigenvalue weighted by molar-refractivity contribution is 9.09. The normalized spacial score (nSPS) is 15.3. The van der Waals surface area contributed by atoms with Crippen LogP contribution in [0.2, 0.25) is 0 Å². The van der Waals surface area contributed by atoms with Crippen LogP contribution in [0.15, 0.2) is 0 Å². The van der Waals surface area contributed by atoms with E-state index in [1.54, 1.807) is 0 Å². The molecule has 0 saturated heterocycles. The van der Waals surface area contributed by atoms with Gasteiger partial charge in [-0.05, 0) is 18.3 Å². The molecular weight excluding hydrogens is 278 g/mol. The number of alkyl halides is 1. The molecule has 0 radical (unpaired) electrons. The van der Waals surface area contributed by atoms with Crippen molar-refractivity contribution in [1.29, 1.82) is 0 Å². The van der Waals surface area contributed by atoms with E-state index in [1.807, 2.05) is 27.7 Å². The third-order valence-corrected chi connectivity index (χ3v) is 3.83. The lowest BCUT2D eigenvalue weighted by Gasteiger charge is -2.17. The molecule has 1 N–H and O–H groups in total. The Hall–Kier alpha value is 0.390. The average Bonchev–Trinajstić information content (AvgIpc) is 1.99. The third kappa shape index (κ3) is 10.7. The Bertz CT molecular complexity index is 268. The minimum absolute atomic E-state index is 0.0669. The molecule has 0 aromatic carbocycles. The fourth-order valence-corrected chi connectivity index (χ4v) is 2.61. The molecule has 1 unspecified atom stereocenters. The van der Waals surface area contributed by atoms with Gasteiger partial charge in [-0.2, -0.15) is 0 Å². The number of nitrogens with one attached hydrogen (secondary N) is 1. The summed E-state index contributed by atoms with van der Waals surface area (Å²) in [5, 5.41) is 0. The van der Waals surface area contributed by atoms with Crippen molar-refractivity contribution in [1.82, 2.24) is 4.72 Å². The number of hydrogen-bond acceptors (Lipinski definition) is 2. The molecule has 92 valence electrons. The molecule has 0 aliphatic heterocycles. The van der Waals surface area contributed by atoms with Crippen LogP contribution in [-0.4, -0.2) is 25.5 Å². The van der Waals surface area contributed by atoms with E-state index in [4.69, 9.17) is 0 Å². The minimum Gasteiger partial charge on any atom is -0.215 e. The van der Waals surface area contributed by atoms with Gasteiger partial charge in [-0.3, -0.25) is 0 Å². The van der Waals surface area contributed by atoms with Crippen LogP contribution in [0.25, 0.3) is 0 Å². The molecule has 0 rings (SSSR count). The maximum Gasteiger partial charge on any atom is 0.211 e. The Balaban J connectivity index is 3.89. The highest BCUT2D eigenvalue weighted by Crippen LogP contribution is 2.18. The van der Waals surface area contributed by atoms with Crippen molar-refractivity contribution in [2.45, 2.75) is 45.4 Å². The van der Waals surface area contributed by atoms with E-state index in [-0.39, 0.29) is 11.2 Å². The lowest BCUT2D eigenvalue weighted by molar-refractivity contribution is 0.396. The molecule has 5 heteroatoms. The van der Waals surface area contributed by atoms with Gasteiger partial charge in [-0.15, -0.1) is 0 Å². The monoisotopic (exact) mass is 299 g/mol. The fourth-order valence-electron chi connectivity index (χ4n) is 0.926. The van der Waals surface area contributed by atoms with Gasteiger partial charge in [-0.25, -0.2) is 13.1 Å². The van der Waals surface area contributed by atoms with E-state index in [0.29, 0.717) is 17.8 Å². The van der Waals surface area contributed by atoms with Crippen molar-refractivity contribution in [2.24, 2.45) is 5.41 Å². The first-order valence-electron chi connectivity index (χ1n) is 5.24. The van der Waals surface area contributed by atoms with Crippen LogP contribution >= 0.6 is 15.9 Å². The summed E-state index contributed by atoms with van der Waals surface area (Å²) < 4.78 is 25.7. The van der Waals surface area contributed by atoms with Crippen molar-refractivity contribution >= 4 is 26.0 Å². The highest BCUT2D eigenvalue weighted by atomic mass is 79.9. The van der Waals surface area contributed by atoms with Gasteiger partial charge in [0.05, 0.1) is 5.75 Å². The summed E-state index contributed by atoms with van der Waals surface area (Å²) in [6, 6.07) is 0. The molecule has 0 fully saturated rings. The molecule has 15 heavy (non-hydrogen) atoms. The summed E-state index contributed by atoms with van der Waals surface area (Å²) in [4.78, 5) is 0.350. The molecule has 0 aliphatic rings. The van der Waals surface area contributed by atoms with Crippen LogP contribution in [0, 0.1) is 5.41 Å². The van der Waals surface area contributed by atoms with E-state index in [9.17, 15) is 8.42 Å². The first kappa shape index (κ1) is 15.4. The van der Waals surface area contributed by atoms with Gasteiger partial charge < -0.3 is 0 Å². The second-order valence-electron chi connectivity index (χ2n) is 5.09. The lowest BCUT2D eigenvalue weighted by atomic mass is 9.94. The van der Waals surface area contributed by atoms with Gasteiger partial charge in [0.25, 0.3) is 0 Å². The quantitative estimate of drug-likeness (QED) is 0.766. The summed E-state index contributed by atoms with van der Waals surface area (Å²) >= 11 is 3.38. The molecule has 0 amide bonds. The predicted octanol–water partition coefficient (Wildman–Crippen LogP) is 2.52. The van der Waals surface area contributed by atoms with Crippen LogP contribution in [0.1, 0.15) is 40.5 Å². The van der Waals surface area contributed by atoms with Gasteiger partial charge in [0.15, 0.2) is 0 Å². The lowest BCUT2D eigenvalue weighted by Crippen LogP contribution is -2.29. The van der Waals surface area contributed by atoms with Crippen molar-refractivity contribution in [2.75, 3.05) is 12.3 Å². The highest BCUT2D eigenvalue weighted by Gasteiger charge is 2.16. The Labute approximate surface area is 102 Å². The zero-order chi connectivity index (χ0) is 12.1. The summed E-state index contributed by atoms with van der Waals surface area (Å²) in [5.74, 6) is 0.215. The van der Waals surface area contributed by atoms with E-state index >= 15 is 0 Å². The third-order valence-electron chi connectivity index (χ3n) is 1.98. The molecule has 0 spiro atoms. The minimum atomic E-state index is -3.08. The maximum absolute atomic E-state index is 11.5. The Morgan fingerprint density at radius 2 is 1.87 bits per heavy atom. The van der Waals surface area contributed by atoms with E-state index in [0.717, 1.165) is 6.42 Å². The molecular formula is C10H22BrNO2S. The van der Waals surface area contributed by atoms with E-state index in [1.165, 1.54) is 0 Å². The Morgan fingerprint density at radius 1 is 1.33 bits per heavy atom. The zero-order valence-electron chi connectivity index (χ0n) is 10.0. The van der Waals surface area contributed by atoms with Gasteiger partial charge >= 0.3 is 0 Å². The first-order chi connectivity index (χ1) is 6.62. The number of sulfonamides is 1. The van der Waals surface area contributed by atoms with Crippen molar-refractivity contribution in [3.63, 3.8) is 0 Å². The SMILES string of the molecule is CC(Br)CCNS(=O)(=O)CCC(C)(C)C. The van der Waals surface area contributed by atoms with Gasteiger partial charge in [-0.1, -0.05) is 43.6 Å². The predicted molar refractivity (Wildman–Crippen MR) is 68.9 cm³/mol. The summed E-state index contributed by atoms with van der Waals surface area (Å²) in [5.41, 5.74) is 0.0669. The average molecular weight is 300 g/mol. The smallest absolute Gasteiger partial charge is 0.211 e. The van der Waals surface area contributed by atoms with Gasteiger partial charge in [0.1, 0.15) is 0 Å². The second kappa shape index (κ2) is 6.21. The Morgan fingerprint density at radius 3 is 2.27 bits per heavy atom. The Kier molecular flexibility index (Phi) is 6.37. The molecule has 0 aliphatic carbocycles. The molecule has 0 heterocycles. The van der Waals surface area contributed by atoms with Crippen LogP contribution < -0.4 is 4.72 Å². The van der Waals surface area contributed by atoms with Gasteiger partial charge in [0.2, 0.25) is 10.0 Å². The van der Waals surface area contributed by atoms with Crippen LogP contribution in [0.4, 0.5) is 0 Å². The molecule has 0 aromatic heterocycles.